The van der Waals surface area contributed by atoms with Gasteiger partial charge in [0.2, 0.25) is 0 Å². The Balaban J connectivity index is 1.10. The van der Waals surface area contributed by atoms with Crippen molar-refractivity contribution in [3.63, 3.8) is 0 Å². The Hall–Kier alpha value is -1.76. The molecular formula is C49H78O19. The van der Waals surface area contributed by atoms with E-state index in [1.807, 2.05) is 13.0 Å². The monoisotopic (exact) mass is 971 g/mol. The van der Waals surface area contributed by atoms with Gasteiger partial charge in [-0.1, -0.05) is 54.0 Å². The van der Waals surface area contributed by atoms with Gasteiger partial charge in [0.15, 0.2) is 30.8 Å². The molecular weight excluding hydrogens is 893 g/mol. The molecule has 0 radical (unpaired) electrons. The number of carbonyl (C=O) groups is 2. The molecule has 0 aromatic carbocycles. The van der Waals surface area contributed by atoms with Crippen LogP contribution in [0.1, 0.15) is 107 Å². The van der Waals surface area contributed by atoms with E-state index >= 15 is 4.79 Å². The van der Waals surface area contributed by atoms with Crippen molar-refractivity contribution in [1.29, 1.82) is 0 Å². The molecule has 19 nitrogen and oxygen atoms in total. The van der Waals surface area contributed by atoms with Crippen LogP contribution in [-0.4, -0.2) is 187 Å². The number of esters is 1. The first kappa shape index (κ1) is 52.6. The molecule has 4 saturated carbocycles. The van der Waals surface area contributed by atoms with Crippen LogP contribution in [-0.2, 0) is 42.7 Å². The third-order valence-electron chi connectivity index (χ3n) is 19.4. The molecule has 5 aliphatic carbocycles. The quantitative estimate of drug-likeness (QED) is 0.107. The number of aliphatic hydroxyl groups excluding tert-OH is 10. The van der Waals surface area contributed by atoms with Gasteiger partial charge in [-0.3, -0.25) is 4.79 Å². The molecule has 19 heteroatoms. The first-order chi connectivity index (χ1) is 31.7. The third-order valence-corrected chi connectivity index (χ3v) is 19.4. The van der Waals surface area contributed by atoms with Crippen LogP contribution in [0.25, 0.3) is 0 Å². The first-order valence-corrected chi connectivity index (χ1v) is 24.6. The van der Waals surface area contributed by atoms with Gasteiger partial charge in [0.1, 0.15) is 61.0 Å². The van der Waals surface area contributed by atoms with Gasteiger partial charge in [-0.05, 0) is 97.9 Å². The molecule has 0 amide bonds. The van der Waals surface area contributed by atoms with Crippen LogP contribution in [0.3, 0.4) is 0 Å². The lowest BCUT2D eigenvalue weighted by atomic mass is 9.33. The summed E-state index contributed by atoms with van der Waals surface area (Å²) in [5.41, 5.74) is -1.76. The predicted octanol–water partition coefficient (Wildman–Crippen LogP) is -0.0280. The smallest absolute Gasteiger partial charge is 0.337 e. The van der Waals surface area contributed by atoms with E-state index in [0.717, 1.165) is 31.9 Å². The second kappa shape index (κ2) is 18.3. The summed E-state index contributed by atoms with van der Waals surface area (Å²) in [6.45, 7) is 15.4. The molecule has 3 heterocycles. The second-order valence-electron chi connectivity index (χ2n) is 23.8. The number of hydrogen-bond acceptors (Lipinski definition) is 19. The molecule has 25 atom stereocenters. The summed E-state index contributed by atoms with van der Waals surface area (Å²) in [5.74, 6) is -1.65. The Morgan fingerprint density at radius 2 is 1.32 bits per heavy atom. The Labute approximate surface area is 398 Å². The summed E-state index contributed by atoms with van der Waals surface area (Å²) in [6.07, 6.45) is -20.2. The number of methoxy groups -OCH3 is 1. The summed E-state index contributed by atoms with van der Waals surface area (Å²) in [5, 5.41) is 110. The number of rotatable bonds is 9. The summed E-state index contributed by atoms with van der Waals surface area (Å²) in [7, 11) is 1.07. The number of ether oxygens (including phenoxy) is 7. The molecule has 8 rings (SSSR count). The normalized spacial score (nSPS) is 54.6. The fourth-order valence-electron chi connectivity index (χ4n) is 15.0. The molecule has 0 aromatic heterocycles. The highest BCUT2D eigenvalue weighted by Gasteiger charge is 2.72. The molecule has 8 aliphatic rings. The zero-order valence-electron chi connectivity index (χ0n) is 40.8. The fraction of sp³-hybridized carbons (Fsp3) is 0.918. The van der Waals surface area contributed by atoms with Crippen LogP contribution in [0.2, 0.25) is 0 Å². The van der Waals surface area contributed by atoms with Gasteiger partial charge in [0.05, 0.1) is 38.6 Å². The Bertz CT molecular complexity index is 1920. The van der Waals surface area contributed by atoms with Gasteiger partial charge in [-0.2, -0.15) is 0 Å². The van der Waals surface area contributed by atoms with E-state index in [-0.39, 0.29) is 40.3 Å². The van der Waals surface area contributed by atoms with Crippen LogP contribution in [0.4, 0.5) is 0 Å². The number of allylic oxidation sites excluding steroid dienone is 2. The lowest BCUT2D eigenvalue weighted by molar-refractivity contribution is -0.396. The van der Waals surface area contributed by atoms with Crippen molar-refractivity contribution >= 4 is 11.8 Å². The topological polar surface area (TPSA) is 301 Å². The van der Waals surface area contributed by atoms with Crippen molar-refractivity contribution in [3.8, 4) is 0 Å². The average Bonchev–Trinajstić information content (AvgIpc) is 3.28. The van der Waals surface area contributed by atoms with Crippen molar-refractivity contribution in [3.05, 3.63) is 11.6 Å². The maximum absolute atomic E-state index is 15.1. The third kappa shape index (κ3) is 8.00. The summed E-state index contributed by atoms with van der Waals surface area (Å²) in [4.78, 5) is 28.1. The van der Waals surface area contributed by atoms with E-state index in [0.29, 0.717) is 25.7 Å². The number of ketones is 1. The molecule has 3 aliphatic heterocycles. The maximum atomic E-state index is 15.1. The minimum atomic E-state index is -1.99. The fourth-order valence-corrected chi connectivity index (χ4v) is 15.0. The highest BCUT2D eigenvalue weighted by molar-refractivity contribution is 5.95. The Morgan fingerprint density at radius 1 is 0.691 bits per heavy atom. The SMILES string of the molecule is COC(=O)C1OC(OC2CCC3(C)C(CCC4(C)C3C(=O)C=C3C5CC(C)(C)CC(O)C5(C)CCC34C)C2(C)CO)C(OC2OC(CO)C(O)C(O)C2OC2OC(C)C(O)C(O)C2O)C(O)C1O. The van der Waals surface area contributed by atoms with Crippen molar-refractivity contribution in [2.24, 2.45) is 50.2 Å². The van der Waals surface area contributed by atoms with Gasteiger partial charge in [0, 0.05) is 16.7 Å². The van der Waals surface area contributed by atoms with Gasteiger partial charge in [-0.25, -0.2) is 4.79 Å². The summed E-state index contributed by atoms with van der Waals surface area (Å²) in [6, 6.07) is 0. The molecule has 3 saturated heterocycles. The first-order valence-electron chi connectivity index (χ1n) is 24.6. The van der Waals surface area contributed by atoms with E-state index in [4.69, 9.17) is 33.2 Å². The molecule has 388 valence electrons. The van der Waals surface area contributed by atoms with E-state index in [1.54, 1.807) is 0 Å². The van der Waals surface area contributed by atoms with Crippen LogP contribution in [0.5, 0.6) is 0 Å². The van der Waals surface area contributed by atoms with Crippen molar-refractivity contribution < 1.29 is 93.8 Å². The molecule has 0 bridgehead atoms. The zero-order valence-corrected chi connectivity index (χ0v) is 40.8. The van der Waals surface area contributed by atoms with E-state index in [2.05, 4.69) is 41.5 Å². The average molecular weight is 971 g/mol. The van der Waals surface area contributed by atoms with E-state index in [1.165, 1.54) is 6.92 Å². The number of carbonyl (C=O) groups excluding carboxylic acids is 2. The van der Waals surface area contributed by atoms with Crippen molar-refractivity contribution in [2.45, 2.75) is 211 Å². The zero-order chi connectivity index (χ0) is 50.0. The van der Waals surface area contributed by atoms with Gasteiger partial charge in [-0.15, -0.1) is 0 Å². The molecule has 0 spiro atoms. The standard InChI is InChI=1S/C49H78O19/c1-21-29(54)31(56)35(60)41(63-21)67-37-32(57)30(55)25(19-50)64-42(37)68-38-34(59)33(58)36(40(61)62-9)66-43(38)65-28-11-12-46(5)26(47(28,6)20-51)10-13-49(8)39(46)24(52)16-22-23-17-44(2,3)18-27(53)45(23,4)14-15-48(22,49)7/h16,21,23,25-39,41-43,50-51,53-60H,10-15,17-20H2,1-9H3. The molecule has 25 unspecified atom stereocenters. The number of aliphatic hydroxyl groups is 10. The summed E-state index contributed by atoms with van der Waals surface area (Å²) < 4.78 is 41.4. The Morgan fingerprint density at radius 3 is 1.96 bits per heavy atom. The minimum absolute atomic E-state index is 0.0500. The molecule has 68 heavy (non-hydrogen) atoms. The highest BCUT2D eigenvalue weighted by atomic mass is 16.8. The maximum Gasteiger partial charge on any atom is 0.337 e. The van der Waals surface area contributed by atoms with Gasteiger partial charge < -0.3 is 84.2 Å². The van der Waals surface area contributed by atoms with Crippen LogP contribution >= 0.6 is 0 Å². The molecule has 0 aromatic rings. The van der Waals surface area contributed by atoms with E-state index in [9.17, 15) is 55.9 Å². The Kier molecular flexibility index (Phi) is 14.2. The van der Waals surface area contributed by atoms with Crippen LogP contribution in [0, 0.1) is 50.2 Å². The van der Waals surface area contributed by atoms with Crippen LogP contribution < -0.4 is 0 Å². The molecule has 10 N–H and O–H groups in total. The number of fused-ring (bicyclic) bond motifs is 7. The van der Waals surface area contributed by atoms with Gasteiger partial charge >= 0.3 is 5.97 Å². The van der Waals surface area contributed by atoms with Gasteiger partial charge in [0.25, 0.3) is 0 Å². The van der Waals surface area contributed by atoms with Crippen molar-refractivity contribution in [1.82, 2.24) is 0 Å². The second-order valence-corrected chi connectivity index (χ2v) is 23.8. The predicted molar refractivity (Wildman–Crippen MR) is 235 cm³/mol. The minimum Gasteiger partial charge on any atom is -0.467 e. The number of hydrogen-bond donors (Lipinski definition) is 10. The van der Waals surface area contributed by atoms with Crippen molar-refractivity contribution in [2.75, 3.05) is 20.3 Å². The van der Waals surface area contributed by atoms with E-state index < -0.39 is 146 Å². The van der Waals surface area contributed by atoms with Crippen LogP contribution in [0.15, 0.2) is 11.6 Å². The summed E-state index contributed by atoms with van der Waals surface area (Å²) >= 11 is 0. The molecule has 7 fully saturated rings. The largest absolute Gasteiger partial charge is 0.467 e. The lowest BCUT2D eigenvalue weighted by Crippen LogP contribution is -2.69. The highest BCUT2D eigenvalue weighted by Crippen LogP contribution is 2.75. The lowest BCUT2D eigenvalue weighted by Gasteiger charge is -2.71.